The fraction of sp³-hybridized carbons (Fsp3) is 0.636. The van der Waals surface area contributed by atoms with Crippen molar-refractivity contribution in [2.75, 3.05) is 12.3 Å². The number of aliphatic hydroxyl groups is 2. The molecule has 1 aliphatic heterocycles. The van der Waals surface area contributed by atoms with E-state index in [9.17, 15) is 14.3 Å². The highest BCUT2D eigenvalue weighted by molar-refractivity contribution is 5.24. The Hall–Kier alpha value is -1.51. The molecule has 2 unspecified atom stereocenters. The second-order valence-corrected chi connectivity index (χ2v) is 4.93. The van der Waals surface area contributed by atoms with Crippen LogP contribution in [0.3, 0.4) is 0 Å². The second kappa shape index (κ2) is 4.26. The third-order valence-electron chi connectivity index (χ3n) is 3.64. The first-order valence-corrected chi connectivity index (χ1v) is 5.74. The van der Waals surface area contributed by atoms with Gasteiger partial charge in [-0.3, -0.25) is 4.57 Å². The van der Waals surface area contributed by atoms with E-state index in [4.69, 9.17) is 15.6 Å². The summed E-state index contributed by atoms with van der Waals surface area (Å²) in [5, 5.41) is 19.3. The Morgan fingerprint density at radius 3 is 2.74 bits per heavy atom. The molecular weight excluding hydrogens is 257 g/mol. The number of aliphatic hydroxyl groups excluding tert-OH is 1. The molecule has 2 rings (SSSR count). The number of nitrogens with two attached hydrogens (primary N) is 1. The number of anilines is 1. The van der Waals surface area contributed by atoms with E-state index in [2.05, 4.69) is 4.98 Å². The largest absolute Gasteiger partial charge is 0.394 e. The van der Waals surface area contributed by atoms with E-state index in [0.29, 0.717) is 0 Å². The lowest BCUT2D eigenvalue weighted by molar-refractivity contribution is -0.0892. The molecular formula is C11H16FN3O4. The lowest BCUT2D eigenvalue weighted by atomic mass is 9.85. The number of aromatic nitrogens is 2. The lowest BCUT2D eigenvalue weighted by Gasteiger charge is -2.32. The molecule has 7 nitrogen and oxygen atoms in total. The molecule has 1 aromatic heterocycles. The fourth-order valence-electron chi connectivity index (χ4n) is 2.13. The van der Waals surface area contributed by atoms with Gasteiger partial charge in [0.05, 0.1) is 6.61 Å². The smallest absolute Gasteiger partial charge is 0.351 e. The van der Waals surface area contributed by atoms with Crippen LogP contribution in [-0.2, 0) is 4.74 Å². The molecule has 8 heteroatoms. The lowest BCUT2D eigenvalue weighted by Crippen LogP contribution is -2.52. The van der Waals surface area contributed by atoms with Gasteiger partial charge in [0, 0.05) is 6.20 Å². The summed E-state index contributed by atoms with van der Waals surface area (Å²) in [5.41, 5.74) is 0.350. The van der Waals surface area contributed by atoms with Crippen LogP contribution in [0.15, 0.2) is 17.1 Å². The van der Waals surface area contributed by atoms with Gasteiger partial charge in [-0.25, -0.2) is 9.18 Å². The molecule has 0 radical (unpaired) electrons. The normalized spacial score (nSPS) is 38.6. The average molecular weight is 273 g/mol. The van der Waals surface area contributed by atoms with Gasteiger partial charge in [0.25, 0.3) is 0 Å². The van der Waals surface area contributed by atoms with Crippen LogP contribution in [-0.4, -0.2) is 43.7 Å². The van der Waals surface area contributed by atoms with Gasteiger partial charge in [-0.15, -0.1) is 0 Å². The minimum atomic E-state index is -2.28. The molecule has 0 bridgehead atoms. The molecule has 19 heavy (non-hydrogen) atoms. The van der Waals surface area contributed by atoms with Gasteiger partial charge in [-0.05, 0) is 19.9 Å². The zero-order chi connectivity index (χ0) is 14.4. The number of nitrogens with zero attached hydrogens (tertiary/aromatic N) is 2. The molecule has 0 amide bonds. The highest BCUT2D eigenvalue weighted by Crippen LogP contribution is 2.47. The molecule has 0 spiro atoms. The summed E-state index contributed by atoms with van der Waals surface area (Å²) < 4.78 is 20.9. The molecule has 1 aliphatic rings. The Bertz CT molecular complexity index is 543. The predicted molar refractivity (Wildman–Crippen MR) is 64.0 cm³/mol. The molecule has 0 saturated carbocycles. The number of rotatable bonds is 2. The first kappa shape index (κ1) is 13.9. The van der Waals surface area contributed by atoms with Gasteiger partial charge >= 0.3 is 5.69 Å². The summed E-state index contributed by atoms with van der Waals surface area (Å²) in [6.07, 6.45) is -1.29. The van der Waals surface area contributed by atoms with E-state index in [1.807, 2.05) is 0 Å². The van der Waals surface area contributed by atoms with Crippen LogP contribution < -0.4 is 11.4 Å². The highest BCUT2D eigenvalue weighted by atomic mass is 19.1. The quantitative estimate of drug-likeness (QED) is 0.650. The standard InChI is InChI=1S/C11H16FN3O4/c1-10(12)8(19-6(5-16)11(10,2)18)15-4-3-7(13)14-9(15)17/h3-4,6,8,16,18H,5H2,1-2H3,(H2,13,14,17)/t6-,8?,10+,11?/m1/s1. The predicted octanol–water partition coefficient (Wildman–Crippen LogP) is -0.806. The zero-order valence-electron chi connectivity index (χ0n) is 10.6. The van der Waals surface area contributed by atoms with Crippen molar-refractivity contribution in [3.8, 4) is 0 Å². The first-order valence-electron chi connectivity index (χ1n) is 5.74. The van der Waals surface area contributed by atoms with Crippen LogP contribution >= 0.6 is 0 Å². The first-order chi connectivity index (χ1) is 8.71. The summed E-state index contributed by atoms with van der Waals surface area (Å²) in [5.74, 6) is 0.00489. The number of alkyl halides is 1. The van der Waals surface area contributed by atoms with Gasteiger partial charge in [0.15, 0.2) is 11.9 Å². The van der Waals surface area contributed by atoms with Crippen molar-refractivity contribution in [1.29, 1.82) is 0 Å². The maximum absolute atomic E-state index is 14.8. The Balaban J connectivity index is 2.49. The fourth-order valence-corrected chi connectivity index (χ4v) is 2.13. The van der Waals surface area contributed by atoms with E-state index in [-0.39, 0.29) is 5.82 Å². The Morgan fingerprint density at radius 2 is 2.26 bits per heavy atom. The zero-order valence-corrected chi connectivity index (χ0v) is 10.6. The summed E-state index contributed by atoms with van der Waals surface area (Å²) in [6, 6.07) is 1.32. The molecule has 0 aliphatic carbocycles. The van der Waals surface area contributed by atoms with E-state index in [1.165, 1.54) is 19.2 Å². The maximum Gasteiger partial charge on any atom is 0.351 e. The van der Waals surface area contributed by atoms with Crippen LogP contribution in [0.25, 0.3) is 0 Å². The van der Waals surface area contributed by atoms with Crippen LogP contribution in [0, 0.1) is 0 Å². The summed E-state index contributed by atoms with van der Waals surface area (Å²) in [6.45, 7) is 1.75. The van der Waals surface area contributed by atoms with E-state index in [0.717, 1.165) is 11.5 Å². The number of hydrogen-bond acceptors (Lipinski definition) is 6. The summed E-state index contributed by atoms with van der Waals surface area (Å²) in [4.78, 5) is 15.2. The van der Waals surface area contributed by atoms with Crippen LogP contribution in [0.1, 0.15) is 20.1 Å². The summed E-state index contributed by atoms with van der Waals surface area (Å²) in [7, 11) is 0. The third-order valence-corrected chi connectivity index (χ3v) is 3.64. The van der Waals surface area contributed by atoms with Crippen molar-refractivity contribution in [2.45, 2.75) is 37.4 Å². The van der Waals surface area contributed by atoms with Crippen LogP contribution in [0.4, 0.5) is 10.2 Å². The van der Waals surface area contributed by atoms with Crippen molar-refractivity contribution in [3.05, 3.63) is 22.7 Å². The minimum absolute atomic E-state index is 0.00489. The highest BCUT2D eigenvalue weighted by Gasteiger charge is 2.63. The number of ether oxygens (including phenoxy) is 1. The molecule has 1 saturated heterocycles. The monoisotopic (exact) mass is 273 g/mol. The average Bonchev–Trinajstić information content (AvgIpc) is 2.47. The van der Waals surface area contributed by atoms with Crippen molar-refractivity contribution in [1.82, 2.24) is 9.55 Å². The molecule has 0 aromatic carbocycles. The molecule has 1 aromatic rings. The topological polar surface area (TPSA) is 111 Å². The van der Waals surface area contributed by atoms with Gasteiger partial charge in [-0.1, -0.05) is 0 Å². The van der Waals surface area contributed by atoms with E-state index >= 15 is 0 Å². The number of halogens is 1. The molecule has 1 fully saturated rings. The molecule has 4 N–H and O–H groups in total. The van der Waals surface area contributed by atoms with Gasteiger partial charge in [0.1, 0.15) is 17.5 Å². The van der Waals surface area contributed by atoms with Crippen LogP contribution in [0.2, 0.25) is 0 Å². The SMILES string of the molecule is CC1(O)[C@@H](CO)OC(n2ccc(N)nc2=O)[C@]1(C)F. The number of hydrogen-bond donors (Lipinski definition) is 3. The molecule has 4 atom stereocenters. The Morgan fingerprint density at radius 1 is 1.63 bits per heavy atom. The number of nitrogen functional groups attached to an aromatic ring is 1. The van der Waals surface area contributed by atoms with Crippen LogP contribution in [0.5, 0.6) is 0 Å². The Labute approximate surface area is 108 Å². The third kappa shape index (κ3) is 1.92. The van der Waals surface area contributed by atoms with Crippen molar-refractivity contribution >= 4 is 5.82 Å². The Kier molecular flexibility index (Phi) is 3.12. The van der Waals surface area contributed by atoms with E-state index in [1.54, 1.807) is 0 Å². The molecule has 2 heterocycles. The minimum Gasteiger partial charge on any atom is -0.394 e. The second-order valence-electron chi connectivity index (χ2n) is 4.93. The van der Waals surface area contributed by atoms with Gasteiger partial charge < -0.3 is 20.7 Å². The van der Waals surface area contributed by atoms with Crippen molar-refractivity contribution in [2.24, 2.45) is 0 Å². The van der Waals surface area contributed by atoms with Crippen molar-refractivity contribution < 1.29 is 19.3 Å². The van der Waals surface area contributed by atoms with Crippen molar-refractivity contribution in [3.63, 3.8) is 0 Å². The molecule has 106 valence electrons. The summed E-state index contributed by atoms with van der Waals surface area (Å²) >= 11 is 0. The van der Waals surface area contributed by atoms with Gasteiger partial charge in [-0.2, -0.15) is 4.98 Å². The van der Waals surface area contributed by atoms with Gasteiger partial charge in [0.2, 0.25) is 0 Å². The maximum atomic E-state index is 14.8. The van der Waals surface area contributed by atoms with E-state index < -0.39 is 35.9 Å².